The van der Waals surface area contributed by atoms with Crippen LogP contribution in [0.15, 0.2) is 48.5 Å². The van der Waals surface area contributed by atoms with Crippen LogP contribution in [0.2, 0.25) is 5.02 Å². The lowest BCUT2D eigenvalue weighted by molar-refractivity contribution is -0.113. The number of ether oxygens (including phenoxy) is 1. The molecule has 0 bridgehead atoms. The van der Waals surface area contributed by atoms with Crippen LogP contribution in [0.25, 0.3) is 0 Å². The topological polar surface area (TPSA) is 38.3 Å². The highest BCUT2D eigenvalue weighted by molar-refractivity contribution is 7.99. The molecule has 1 amide bonds. The van der Waals surface area contributed by atoms with Crippen LogP contribution in [0.5, 0.6) is 5.75 Å². The summed E-state index contributed by atoms with van der Waals surface area (Å²) in [6.07, 6.45) is 0. The predicted molar refractivity (Wildman–Crippen MR) is 93.9 cm³/mol. The second-order valence-electron chi connectivity index (χ2n) is 4.63. The van der Waals surface area contributed by atoms with Gasteiger partial charge in [-0.05, 0) is 36.8 Å². The lowest BCUT2D eigenvalue weighted by atomic mass is 10.2. The average Bonchev–Trinajstić information content (AvgIpc) is 2.48. The van der Waals surface area contributed by atoms with E-state index >= 15 is 0 Å². The van der Waals surface area contributed by atoms with Crippen molar-refractivity contribution in [3.05, 3.63) is 59.1 Å². The molecule has 0 aromatic heterocycles. The number of anilines is 1. The van der Waals surface area contributed by atoms with E-state index in [1.165, 1.54) is 0 Å². The molecule has 0 aliphatic carbocycles. The maximum Gasteiger partial charge on any atom is 0.234 e. The van der Waals surface area contributed by atoms with Gasteiger partial charge in [0.05, 0.1) is 12.4 Å². The minimum absolute atomic E-state index is 0.0272. The Bertz CT molecular complexity index is 634. The standard InChI is InChI=1S/C17H18ClNO2S/c1-2-21-16-8-4-7-15(10-16)19-17(20)12-22-11-13-5-3-6-14(18)9-13/h3-10H,2,11-12H2,1H3,(H,19,20). The van der Waals surface area contributed by atoms with Crippen molar-refractivity contribution in [1.29, 1.82) is 0 Å². The number of halogens is 1. The van der Waals surface area contributed by atoms with E-state index in [2.05, 4.69) is 5.32 Å². The summed E-state index contributed by atoms with van der Waals surface area (Å²) < 4.78 is 5.41. The molecule has 0 aliphatic rings. The Balaban J connectivity index is 1.79. The number of benzene rings is 2. The number of nitrogens with one attached hydrogen (secondary N) is 1. The normalized spacial score (nSPS) is 10.3. The molecule has 0 atom stereocenters. The number of rotatable bonds is 7. The maximum atomic E-state index is 11.9. The van der Waals surface area contributed by atoms with Crippen LogP contribution in [0, 0.1) is 0 Å². The first kappa shape index (κ1) is 16.7. The number of carbonyl (C=O) groups is 1. The summed E-state index contributed by atoms with van der Waals surface area (Å²) in [6, 6.07) is 15.1. The van der Waals surface area contributed by atoms with Crippen molar-refractivity contribution in [2.24, 2.45) is 0 Å². The zero-order chi connectivity index (χ0) is 15.8. The van der Waals surface area contributed by atoms with E-state index in [9.17, 15) is 4.79 Å². The van der Waals surface area contributed by atoms with Gasteiger partial charge in [-0.2, -0.15) is 0 Å². The van der Waals surface area contributed by atoms with Crippen molar-refractivity contribution in [1.82, 2.24) is 0 Å². The second-order valence-corrected chi connectivity index (χ2v) is 6.05. The zero-order valence-corrected chi connectivity index (χ0v) is 13.9. The molecule has 2 aromatic rings. The van der Waals surface area contributed by atoms with Gasteiger partial charge in [0.15, 0.2) is 0 Å². The molecule has 0 heterocycles. The van der Waals surface area contributed by atoms with Gasteiger partial charge in [0.2, 0.25) is 5.91 Å². The van der Waals surface area contributed by atoms with Gasteiger partial charge in [0.25, 0.3) is 0 Å². The Morgan fingerprint density at radius 1 is 1.23 bits per heavy atom. The summed E-state index contributed by atoms with van der Waals surface area (Å²) in [5.41, 5.74) is 1.86. The quantitative estimate of drug-likeness (QED) is 0.803. The molecule has 1 N–H and O–H groups in total. The van der Waals surface area contributed by atoms with Crippen LogP contribution in [0.4, 0.5) is 5.69 Å². The fourth-order valence-corrected chi connectivity index (χ4v) is 2.90. The van der Waals surface area contributed by atoms with E-state index < -0.39 is 0 Å². The highest BCUT2D eigenvalue weighted by Crippen LogP contribution is 2.19. The van der Waals surface area contributed by atoms with Crippen LogP contribution < -0.4 is 10.1 Å². The van der Waals surface area contributed by atoms with Crippen LogP contribution in [-0.4, -0.2) is 18.3 Å². The molecular formula is C17H18ClNO2S. The summed E-state index contributed by atoms with van der Waals surface area (Å²) >= 11 is 7.49. The molecule has 22 heavy (non-hydrogen) atoms. The summed E-state index contributed by atoms with van der Waals surface area (Å²) in [4.78, 5) is 11.9. The lowest BCUT2D eigenvalue weighted by Gasteiger charge is -2.08. The number of amides is 1. The van der Waals surface area contributed by atoms with Gasteiger partial charge in [-0.1, -0.05) is 29.8 Å². The van der Waals surface area contributed by atoms with E-state index in [0.717, 1.165) is 27.8 Å². The molecule has 0 saturated carbocycles. The van der Waals surface area contributed by atoms with Gasteiger partial charge in [0.1, 0.15) is 5.75 Å². The molecule has 0 fully saturated rings. The minimum Gasteiger partial charge on any atom is -0.494 e. The first-order chi connectivity index (χ1) is 10.7. The molecule has 0 saturated heterocycles. The maximum absolute atomic E-state index is 11.9. The summed E-state index contributed by atoms with van der Waals surface area (Å²) in [5.74, 6) is 1.88. The van der Waals surface area contributed by atoms with Gasteiger partial charge < -0.3 is 10.1 Å². The lowest BCUT2D eigenvalue weighted by Crippen LogP contribution is -2.14. The molecule has 116 valence electrons. The molecule has 0 aliphatic heterocycles. The second kappa shape index (κ2) is 8.71. The zero-order valence-electron chi connectivity index (χ0n) is 12.3. The molecular weight excluding hydrogens is 318 g/mol. The third-order valence-corrected chi connectivity index (χ3v) is 4.06. The number of carbonyl (C=O) groups excluding carboxylic acids is 1. The van der Waals surface area contributed by atoms with Crippen LogP contribution in [0.1, 0.15) is 12.5 Å². The Morgan fingerprint density at radius 3 is 2.82 bits per heavy atom. The highest BCUT2D eigenvalue weighted by Gasteiger charge is 2.04. The Labute approximate surface area is 140 Å². The third kappa shape index (κ3) is 5.62. The molecule has 3 nitrogen and oxygen atoms in total. The number of hydrogen-bond donors (Lipinski definition) is 1. The smallest absolute Gasteiger partial charge is 0.234 e. The van der Waals surface area contributed by atoms with Gasteiger partial charge in [-0.25, -0.2) is 0 Å². The summed E-state index contributed by atoms with van der Waals surface area (Å²) in [5, 5.41) is 3.59. The van der Waals surface area contributed by atoms with Crippen molar-refractivity contribution in [2.75, 3.05) is 17.7 Å². The fraction of sp³-hybridized carbons (Fsp3) is 0.235. The highest BCUT2D eigenvalue weighted by atomic mass is 35.5. The summed E-state index contributed by atoms with van der Waals surface area (Å²) in [7, 11) is 0. The van der Waals surface area contributed by atoms with Crippen LogP contribution >= 0.6 is 23.4 Å². The molecule has 2 aromatic carbocycles. The van der Waals surface area contributed by atoms with E-state index in [1.54, 1.807) is 11.8 Å². The van der Waals surface area contributed by atoms with E-state index in [-0.39, 0.29) is 5.91 Å². The molecule has 0 spiro atoms. The molecule has 5 heteroatoms. The van der Waals surface area contributed by atoms with Crippen molar-refractivity contribution in [3.8, 4) is 5.75 Å². The minimum atomic E-state index is -0.0272. The molecule has 2 rings (SSSR count). The van der Waals surface area contributed by atoms with Crippen LogP contribution in [0.3, 0.4) is 0 Å². The molecule has 0 radical (unpaired) electrons. The van der Waals surface area contributed by atoms with Gasteiger partial charge in [-0.3, -0.25) is 4.79 Å². The third-order valence-electron chi connectivity index (χ3n) is 2.82. The van der Waals surface area contributed by atoms with E-state index in [4.69, 9.17) is 16.3 Å². The first-order valence-corrected chi connectivity index (χ1v) is 8.55. The Hall–Kier alpha value is -1.65. The fourth-order valence-electron chi connectivity index (χ4n) is 1.92. The first-order valence-electron chi connectivity index (χ1n) is 7.02. The van der Waals surface area contributed by atoms with E-state index in [0.29, 0.717) is 12.4 Å². The van der Waals surface area contributed by atoms with Gasteiger partial charge >= 0.3 is 0 Å². The van der Waals surface area contributed by atoms with Crippen molar-refractivity contribution in [2.45, 2.75) is 12.7 Å². The monoisotopic (exact) mass is 335 g/mol. The predicted octanol–water partition coefficient (Wildman–Crippen LogP) is 4.61. The van der Waals surface area contributed by atoms with E-state index in [1.807, 2.05) is 55.5 Å². The van der Waals surface area contributed by atoms with Gasteiger partial charge in [-0.15, -0.1) is 11.8 Å². The number of thioether (sulfide) groups is 1. The Kier molecular flexibility index (Phi) is 6.62. The number of hydrogen-bond acceptors (Lipinski definition) is 3. The van der Waals surface area contributed by atoms with Crippen molar-refractivity contribution >= 4 is 35.0 Å². The van der Waals surface area contributed by atoms with Crippen LogP contribution in [-0.2, 0) is 10.5 Å². The van der Waals surface area contributed by atoms with Gasteiger partial charge in [0, 0.05) is 22.5 Å². The van der Waals surface area contributed by atoms with Crippen molar-refractivity contribution in [3.63, 3.8) is 0 Å². The largest absolute Gasteiger partial charge is 0.494 e. The average molecular weight is 336 g/mol. The SMILES string of the molecule is CCOc1cccc(NC(=O)CSCc2cccc(Cl)c2)c1. The summed E-state index contributed by atoms with van der Waals surface area (Å²) in [6.45, 7) is 2.53. The molecule has 0 unspecified atom stereocenters. The van der Waals surface area contributed by atoms with Crippen molar-refractivity contribution < 1.29 is 9.53 Å². The Morgan fingerprint density at radius 2 is 2.05 bits per heavy atom.